The zero-order valence-electron chi connectivity index (χ0n) is 9.84. The number of benzene rings is 1. The highest BCUT2D eigenvalue weighted by Crippen LogP contribution is 2.15. The Labute approximate surface area is 109 Å². The molecule has 0 spiro atoms. The smallest absolute Gasteiger partial charge is 0.170 e. The maximum absolute atomic E-state index is 8.57. The lowest BCUT2D eigenvalue weighted by Crippen LogP contribution is -2.13. The number of nitrogens with two attached hydrogens (primary N) is 1. The molecule has 0 atom stereocenters. The molecule has 0 radical (unpaired) electrons. The fourth-order valence-electron chi connectivity index (χ4n) is 1.59. The monoisotopic (exact) mass is 264 g/mol. The standard InChI is InChI=1S/C12H13ClN4O/c1-8-11(13)6-15-17(8)7-9-2-4-10(5-3-9)12(14)16-18/h2-6,18H,7H2,1H3,(H2,14,16). The van der Waals surface area contributed by atoms with Gasteiger partial charge in [-0.1, -0.05) is 41.0 Å². The average Bonchev–Trinajstić information content (AvgIpc) is 2.71. The van der Waals surface area contributed by atoms with Crippen LogP contribution in [0.5, 0.6) is 0 Å². The quantitative estimate of drug-likeness (QED) is 0.385. The zero-order chi connectivity index (χ0) is 13.1. The molecule has 0 fully saturated rings. The molecule has 0 saturated heterocycles. The molecule has 3 N–H and O–H groups in total. The van der Waals surface area contributed by atoms with Crippen LogP contribution in [0, 0.1) is 6.92 Å². The second kappa shape index (κ2) is 5.10. The molecule has 0 saturated carbocycles. The van der Waals surface area contributed by atoms with Crippen molar-refractivity contribution in [2.24, 2.45) is 10.9 Å². The van der Waals surface area contributed by atoms with Crippen LogP contribution in [0.1, 0.15) is 16.8 Å². The molecule has 2 aromatic rings. The minimum atomic E-state index is 0.0971. The Kier molecular flexibility index (Phi) is 3.53. The van der Waals surface area contributed by atoms with E-state index in [9.17, 15) is 0 Å². The number of oxime groups is 1. The molecule has 94 valence electrons. The predicted octanol–water partition coefficient (Wildman–Crippen LogP) is 1.99. The third kappa shape index (κ3) is 2.46. The van der Waals surface area contributed by atoms with Crippen LogP contribution < -0.4 is 5.73 Å². The molecular weight excluding hydrogens is 252 g/mol. The number of rotatable bonds is 3. The van der Waals surface area contributed by atoms with Crippen LogP contribution in [0.25, 0.3) is 0 Å². The first-order valence-electron chi connectivity index (χ1n) is 5.36. The molecule has 6 heteroatoms. The van der Waals surface area contributed by atoms with Gasteiger partial charge in [0.25, 0.3) is 0 Å². The van der Waals surface area contributed by atoms with E-state index in [1.54, 1.807) is 18.3 Å². The first-order chi connectivity index (χ1) is 8.61. The maximum Gasteiger partial charge on any atom is 0.170 e. The van der Waals surface area contributed by atoms with Crippen molar-refractivity contribution >= 4 is 17.4 Å². The number of amidine groups is 1. The number of aromatic nitrogens is 2. The highest BCUT2D eigenvalue weighted by molar-refractivity contribution is 6.31. The van der Waals surface area contributed by atoms with Gasteiger partial charge in [-0.05, 0) is 12.5 Å². The van der Waals surface area contributed by atoms with Gasteiger partial charge in [0.05, 0.1) is 23.5 Å². The van der Waals surface area contributed by atoms with E-state index in [2.05, 4.69) is 10.3 Å². The Morgan fingerprint density at radius 3 is 2.61 bits per heavy atom. The molecule has 0 amide bonds. The van der Waals surface area contributed by atoms with Crippen LogP contribution in [-0.4, -0.2) is 20.8 Å². The number of hydrogen-bond acceptors (Lipinski definition) is 3. The molecule has 0 aliphatic heterocycles. The summed E-state index contributed by atoms with van der Waals surface area (Å²) in [5.74, 6) is 0.0971. The van der Waals surface area contributed by atoms with Crippen molar-refractivity contribution in [2.45, 2.75) is 13.5 Å². The second-order valence-corrected chi connectivity index (χ2v) is 4.32. The highest BCUT2D eigenvalue weighted by atomic mass is 35.5. The van der Waals surface area contributed by atoms with Gasteiger partial charge in [-0.15, -0.1) is 0 Å². The largest absolute Gasteiger partial charge is 0.409 e. The van der Waals surface area contributed by atoms with Gasteiger partial charge in [-0.2, -0.15) is 5.10 Å². The molecule has 0 aliphatic carbocycles. The van der Waals surface area contributed by atoms with Gasteiger partial charge in [-0.25, -0.2) is 0 Å². The second-order valence-electron chi connectivity index (χ2n) is 3.92. The molecule has 2 rings (SSSR count). The molecule has 1 aromatic carbocycles. The summed E-state index contributed by atoms with van der Waals surface area (Å²) >= 11 is 5.94. The molecule has 0 unspecified atom stereocenters. The zero-order valence-corrected chi connectivity index (χ0v) is 10.6. The Morgan fingerprint density at radius 2 is 2.11 bits per heavy atom. The lowest BCUT2D eigenvalue weighted by Gasteiger charge is -2.05. The van der Waals surface area contributed by atoms with Crippen LogP contribution in [0.2, 0.25) is 5.02 Å². The predicted molar refractivity (Wildman–Crippen MR) is 70.0 cm³/mol. The lowest BCUT2D eigenvalue weighted by molar-refractivity contribution is 0.318. The van der Waals surface area contributed by atoms with E-state index in [-0.39, 0.29) is 5.84 Å². The van der Waals surface area contributed by atoms with Gasteiger partial charge in [0.2, 0.25) is 0 Å². The van der Waals surface area contributed by atoms with Gasteiger partial charge < -0.3 is 10.9 Å². The summed E-state index contributed by atoms with van der Waals surface area (Å²) < 4.78 is 1.82. The molecule has 5 nitrogen and oxygen atoms in total. The van der Waals surface area contributed by atoms with Gasteiger partial charge in [0, 0.05) is 5.56 Å². The van der Waals surface area contributed by atoms with E-state index in [1.807, 2.05) is 23.7 Å². The van der Waals surface area contributed by atoms with E-state index >= 15 is 0 Å². The molecular formula is C12H13ClN4O. The van der Waals surface area contributed by atoms with Crippen molar-refractivity contribution in [1.29, 1.82) is 0 Å². The van der Waals surface area contributed by atoms with E-state index in [1.165, 1.54) is 0 Å². The Morgan fingerprint density at radius 1 is 1.44 bits per heavy atom. The van der Waals surface area contributed by atoms with Crippen molar-refractivity contribution < 1.29 is 5.21 Å². The summed E-state index contributed by atoms with van der Waals surface area (Å²) in [7, 11) is 0. The fraction of sp³-hybridized carbons (Fsp3) is 0.167. The summed E-state index contributed by atoms with van der Waals surface area (Å²) in [5.41, 5.74) is 8.16. The Hall–Kier alpha value is -2.01. The minimum absolute atomic E-state index is 0.0971. The fourth-order valence-corrected chi connectivity index (χ4v) is 1.74. The molecule has 0 aliphatic rings. The highest BCUT2D eigenvalue weighted by Gasteiger charge is 2.05. The first kappa shape index (κ1) is 12.4. The first-order valence-corrected chi connectivity index (χ1v) is 5.74. The summed E-state index contributed by atoms with van der Waals surface area (Å²) in [6, 6.07) is 7.40. The maximum atomic E-state index is 8.57. The van der Waals surface area contributed by atoms with Crippen LogP contribution in [0.3, 0.4) is 0 Å². The van der Waals surface area contributed by atoms with Gasteiger partial charge in [0.15, 0.2) is 5.84 Å². The normalized spacial score (nSPS) is 11.8. The van der Waals surface area contributed by atoms with E-state index in [0.29, 0.717) is 17.1 Å². The number of nitrogens with zero attached hydrogens (tertiary/aromatic N) is 3. The van der Waals surface area contributed by atoms with Gasteiger partial charge in [-0.3, -0.25) is 4.68 Å². The molecule has 0 bridgehead atoms. The van der Waals surface area contributed by atoms with Crippen LogP contribution >= 0.6 is 11.6 Å². The van der Waals surface area contributed by atoms with E-state index in [4.69, 9.17) is 22.5 Å². The topological polar surface area (TPSA) is 76.4 Å². The number of halogens is 1. The van der Waals surface area contributed by atoms with Gasteiger partial charge >= 0.3 is 0 Å². The molecule has 1 aromatic heterocycles. The van der Waals surface area contributed by atoms with Crippen LogP contribution in [0.15, 0.2) is 35.6 Å². The summed E-state index contributed by atoms with van der Waals surface area (Å²) in [5, 5.41) is 16.4. The summed E-state index contributed by atoms with van der Waals surface area (Å²) in [4.78, 5) is 0. The Bertz CT molecular complexity index is 574. The van der Waals surface area contributed by atoms with Crippen molar-refractivity contribution in [1.82, 2.24) is 9.78 Å². The van der Waals surface area contributed by atoms with Crippen LogP contribution in [0.4, 0.5) is 0 Å². The third-order valence-electron chi connectivity index (χ3n) is 2.73. The van der Waals surface area contributed by atoms with Crippen molar-refractivity contribution in [3.63, 3.8) is 0 Å². The van der Waals surface area contributed by atoms with E-state index in [0.717, 1.165) is 11.3 Å². The summed E-state index contributed by atoms with van der Waals surface area (Å²) in [6.45, 7) is 2.55. The van der Waals surface area contributed by atoms with Crippen molar-refractivity contribution in [3.8, 4) is 0 Å². The number of hydrogen-bond donors (Lipinski definition) is 2. The third-order valence-corrected chi connectivity index (χ3v) is 3.10. The van der Waals surface area contributed by atoms with Crippen molar-refractivity contribution in [3.05, 3.63) is 52.3 Å². The van der Waals surface area contributed by atoms with Crippen LogP contribution in [-0.2, 0) is 6.54 Å². The Balaban J connectivity index is 2.18. The minimum Gasteiger partial charge on any atom is -0.409 e. The SMILES string of the molecule is Cc1c(Cl)cnn1Cc1ccc(C(N)=NO)cc1. The molecule has 18 heavy (non-hydrogen) atoms. The van der Waals surface area contributed by atoms with Gasteiger partial charge in [0.1, 0.15) is 0 Å². The average molecular weight is 265 g/mol. The summed E-state index contributed by atoms with van der Waals surface area (Å²) in [6.07, 6.45) is 1.63. The molecule has 1 heterocycles. The lowest BCUT2D eigenvalue weighted by atomic mass is 10.1. The van der Waals surface area contributed by atoms with E-state index < -0.39 is 0 Å². The van der Waals surface area contributed by atoms with Crippen molar-refractivity contribution in [2.75, 3.05) is 0 Å².